The molecule has 10 aromatic rings. The summed E-state index contributed by atoms with van der Waals surface area (Å²) in [5, 5.41) is 4.16. The normalized spacial score (nSPS) is 14.3. The molecule has 0 radical (unpaired) electrons. The van der Waals surface area contributed by atoms with Crippen molar-refractivity contribution in [1.82, 2.24) is 0 Å². The molecule has 0 spiro atoms. The first kappa shape index (κ1) is 18.6. The van der Waals surface area contributed by atoms with E-state index in [9.17, 15) is 5.48 Å². The molecule has 0 aliphatic carbocycles. The van der Waals surface area contributed by atoms with Gasteiger partial charge >= 0.3 is 0 Å². The van der Waals surface area contributed by atoms with E-state index in [1.54, 1.807) is 12.1 Å². The minimum Gasteiger partial charge on any atom is -0.456 e. The van der Waals surface area contributed by atoms with Gasteiger partial charge in [-0.15, -0.1) is 0 Å². The third-order valence-electron chi connectivity index (χ3n) is 8.91. The summed E-state index contributed by atoms with van der Waals surface area (Å²) in [6, 6.07) is 31.2. The maximum atomic E-state index is 9.36. The van der Waals surface area contributed by atoms with Crippen molar-refractivity contribution in [2.45, 2.75) is 0 Å². The molecule has 2 heteroatoms. The summed E-state index contributed by atoms with van der Waals surface area (Å²) in [4.78, 5) is 0. The summed E-state index contributed by atoms with van der Waals surface area (Å²) in [5.41, 5.74) is 5.68. The minimum atomic E-state index is -0.454. The SMILES string of the molecule is [2H]c1c([2H])c([2H])c2c(-c3cccc4c3oc3ccccc34)c3c([2H])c([2H])c([2H])c([2H])c3c(-c3cccc(-c4ccc5c(c4)oc4ccccc45)c3)c2c1[2H]. The third kappa shape index (κ3) is 3.65. The fourth-order valence-corrected chi connectivity index (χ4v) is 6.89. The minimum absolute atomic E-state index is 0.135. The predicted octanol–water partition coefficient (Wildman–Crippen LogP) is 12.8. The lowest BCUT2D eigenvalue weighted by Crippen LogP contribution is -1.91. The Hall–Kier alpha value is -6.12. The fraction of sp³-hybridized carbons (Fsp3) is 0. The lowest BCUT2D eigenvalue weighted by Gasteiger charge is -2.18. The summed E-state index contributed by atoms with van der Waals surface area (Å²) in [6.07, 6.45) is 0. The lowest BCUT2D eigenvalue weighted by molar-refractivity contribution is 0.669. The molecule has 0 saturated heterocycles. The van der Waals surface area contributed by atoms with Crippen molar-refractivity contribution in [2.24, 2.45) is 0 Å². The van der Waals surface area contributed by atoms with Crippen LogP contribution in [0.1, 0.15) is 11.0 Å². The highest BCUT2D eigenvalue weighted by molar-refractivity contribution is 6.24. The highest BCUT2D eigenvalue weighted by Gasteiger charge is 2.20. The van der Waals surface area contributed by atoms with Crippen LogP contribution in [-0.4, -0.2) is 0 Å². The Balaban J connectivity index is 1.36. The van der Waals surface area contributed by atoms with Crippen LogP contribution in [0.5, 0.6) is 0 Å². The molecule has 10 rings (SSSR count). The van der Waals surface area contributed by atoms with Crippen molar-refractivity contribution in [2.75, 3.05) is 0 Å². The molecule has 0 atom stereocenters. The summed E-state index contributed by atoms with van der Waals surface area (Å²) >= 11 is 0. The van der Waals surface area contributed by atoms with E-state index in [4.69, 9.17) is 14.3 Å². The van der Waals surface area contributed by atoms with Crippen LogP contribution >= 0.6 is 0 Å². The van der Waals surface area contributed by atoms with E-state index < -0.39 is 24.2 Å². The first-order valence-corrected chi connectivity index (χ1v) is 15.0. The van der Waals surface area contributed by atoms with Crippen molar-refractivity contribution in [1.29, 1.82) is 0 Å². The summed E-state index contributed by atoms with van der Waals surface area (Å²) in [6.45, 7) is 0. The van der Waals surface area contributed by atoms with Crippen LogP contribution in [0.15, 0.2) is 166 Å². The van der Waals surface area contributed by atoms with E-state index >= 15 is 0 Å². The van der Waals surface area contributed by atoms with Gasteiger partial charge in [0.25, 0.3) is 0 Å². The van der Waals surface area contributed by atoms with Gasteiger partial charge in [0, 0.05) is 32.7 Å². The monoisotopic (exact) mass is 594 g/mol. The van der Waals surface area contributed by atoms with Crippen LogP contribution in [0.4, 0.5) is 0 Å². The number of hydrogen-bond acceptors (Lipinski definition) is 2. The van der Waals surface area contributed by atoms with Crippen LogP contribution in [0.2, 0.25) is 0 Å². The molecule has 0 aliphatic rings. The second-order valence-corrected chi connectivity index (χ2v) is 11.4. The van der Waals surface area contributed by atoms with Crippen molar-refractivity contribution in [3.05, 3.63) is 158 Å². The number of rotatable bonds is 3. The zero-order valence-corrected chi connectivity index (χ0v) is 24.2. The molecule has 214 valence electrons. The molecule has 0 saturated carbocycles. The van der Waals surface area contributed by atoms with Gasteiger partial charge < -0.3 is 8.83 Å². The topological polar surface area (TPSA) is 26.3 Å². The zero-order chi connectivity index (χ0) is 37.2. The van der Waals surface area contributed by atoms with Crippen LogP contribution in [-0.2, 0) is 0 Å². The van der Waals surface area contributed by atoms with Crippen molar-refractivity contribution >= 4 is 65.4 Å². The molecule has 2 aromatic heterocycles. The highest BCUT2D eigenvalue weighted by Crippen LogP contribution is 2.47. The van der Waals surface area contributed by atoms with Crippen LogP contribution in [0, 0.1) is 0 Å². The van der Waals surface area contributed by atoms with Gasteiger partial charge in [0.05, 0.1) is 11.0 Å². The quantitative estimate of drug-likeness (QED) is 0.190. The average molecular weight is 595 g/mol. The third-order valence-corrected chi connectivity index (χ3v) is 8.91. The van der Waals surface area contributed by atoms with Crippen LogP contribution < -0.4 is 0 Å². The van der Waals surface area contributed by atoms with E-state index in [1.165, 1.54) is 0 Å². The fourth-order valence-electron chi connectivity index (χ4n) is 6.89. The molecule has 0 unspecified atom stereocenters. The van der Waals surface area contributed by atoms with Gasteiger partial charge in [0.1, 0.15) is 22.3 Å². The smallest absolute Gasteiger partial charge is 0.143 e. The molecule has 2 nitrogen and oxygen atoms in total. The number of para-hydroxylation sites is 3. The van der Waals surface area contributed by atoms with E-state index in [-0.39, 0.29) is 56.8 Å². The Morgan fingerprint density at radius 2 is 0.913 bits per heavy atom. The first-order valence-electron chi connectivity index (χ1n) is 19.0. The number of hydrogen-bond donors (Lipinski definition) is 0. The lowest BCUT2D eigenvalue weighted by atomic mass is 9.85. The Labute approximate surface area is 276 Å². The first-order chi connectivity index (χ1) is 26.1. The van der Waals surface area contributed by atoms with Gasteiger partial charge in [0.15, 0.2) is 0 Å². The van der Waals surface area contributed by atoms with E-state index in [1.807, 2.05) is 97.1 Å². The van der Waals surface area contributed by atoms with E-state index in [2.05, 4.69) is 0 Å². The van der Waals surface area contributed by atoms with Gasteiger partial charge in [-0.05, 0) is 74.1 Å². The number of furan rings is 2. The molecule has 0 amide bonds. The van der Waals surface area contributed by atoms with Crippen LogP contribution in [0.25, 0.3) is 98.8 Å². The zero-order valence-electron chi connectivity index (χ0n) is 32.2. The Morgan fingerprint density at radius 3 is 1.65 bits per heavy atom. The van der Waals surface area contributed by atoms with Crippen molar-refractivity contribution < 1.29 is 19.8 Å². The van der Waals surface area contributed by atoms with Gasteiger partial charge in [-0.2, -0.15) is 0 Å². The van der Waals surface area contributed by atoms with E-state index in [0.29, 0.717) is 27.9 Å². The molecule has 0 aliphatic heterocycles. The molecule has 0 fully saturated rings. The Kier molecular flexibility index (Phi) is 3.92. The second kappa shape index (κ2) is 9.69. The molecular formula is C44H26O2. The maximum absolute atomic E-state index is 9.36. The molecule has 8 aromatic carbocycles. The number of fused-ring (bicyclic) bond motifs is 8. The van der Waals surface area contributed by atoms with Crippen molar-refractivity contribution in [3.63, 3.8) is 0 Å². The molecular weight excluding hydrogens is 560 g/mol. The second-order valence-electron chi connectivity index (χ2n) is 11.4. The predicted molar refractivity (Wildman–Crippen MR) is 192 cm³/mol. The maximum Gasteiger partial charge on any atom is 0.143 e. The number of benzene rings is 8. The van der Waals surface area contributed by atoms with Gasteiger partial charge in [-0.3, -0.25) is 0 Å². The molecule has 2 heterocycles. The summed E-state index contributed by atoms with van der Waals surface area (Å²) in [7, 11) is 0. The molecule has 0 N–H and O–H groups in total. The summed E-state index contributed by atoms with van der Waals surface area (Å²) in [5.74, 6) is 0. The summed E-state index contributed by atoms with van der Waals surface area (Å²) < 4.78 is 85.3. The van der Waals surface area contributed by atoms with Crippen LogP contribution in [0.3, 0.4) is 0 Å². The highest BCUT2D eigenvalue weighted by atomic mass is 16.3. The van der Waals surface area contributed by atoms with Gasteiger partial charge in [-0.25, -0.2) is 0 Å². The van der Waals surface area contributed by atoms with Crippen molar-refractivity contribution in [3.8, 4) is 33.4 Å². The van der Waals surface area contributed by atoms with Gasteiger partial charge in [0.2, 0.25) is 0 Å². The average Bonchev–Trinajstić information content (AvgIpc) is 3.77. The largest absolute Gasteiger partial charge is 0.456 e. The Bertz CT molecular complexity index is 3190. The van der Waals surface area contributed by atoms with E-state index in [0.717, 1.165) is 38.3 Å². The molecule has 0 bridgehead atoms. The van der Waals surface area contributed by atoms with Gasteiger partial charge in [-0.1, -0.05) is 127 Å². The molecule has 46 heavy (non-hydrogen) atoms. The standard InChI is InChI=1S/C44H26O2/c1-3-17-35-33(15-1)42(29-12-9-11-27(25-29)28-23-24-32-30-13-5-7-21-39(30)45-41(32)26-28)34-16-2-4-18-36(34)43(35)38-20-10-19-37-31-14-6-8-22-40(31)46-44(37)38/h1-26H/i1D,2D,3D,4D,15D,16D,17D,18D. The Morgan fingerprint density at radius 1 is 0.370 bits per heavy atom.